The normalized spacial score (nSPS) is 12.9. The lowest BCUT2D eigenvalue weighted by Gasteiger charge is -2.03. The third-order valence-corrected chi connectivity index (χ3v) is 1.80. The quantitative estimate of drug-likeness (QED) is 0.361. The Balaban J connectivity index is 4.00. The molecule has 0 aliphatic carbocycles. The highest BCUT2D eigenvalue weighted by Gasteiger charge is 2.23. The van der Waals surface area contributed by atoms with Crippen molar-refractivity contribution in [2.45, 2.75) is 38.8 Å². The number of hydrogen-bond donors (Lipinski definition) is 0. The Morgan fingerprint density at radius 2 is 2.00 bits per heavy atom. The van der Waals surface area contributed by atoms with Gasteiger partial charge in [0.05, 0.1) is 0 Å². The summed E-state index contributed by atoms with van der Waals surface area (Å²) in [7, 11) is 0. The van der Waals surface area contributed by atoms with Crippen LogP contribution in [0.3, 0.4) is 0 Å². The minimum absolute atomic E-state index is 0.330. The van der Waals surface area contributed by atoms with Gasteiger partial charge in [-0.1, -0.05) is 38.2 Å². The van der Waals surface area contributed by atoms with Gasteiger partial charge >= 0.3 is 6.18 Å². The minimum Gasteiger partial charge on any atom is -0.159 e. The Morgan fingerprint density at radius 1 is 1.36 bits per heavy atom. The van der Waals surface area contributed by atoms with E-state index in [1.165, 1.54) is 12.0 Å². The Bertz CT molecular complexity index is 217. The maximum absolute atomic E-state index is 11.7. The average Bonchev–Trinajstić information content (AvgIpc) is 2.09. The van der Waals surface area contributed by atoms with E-state index in [0.29, 0.717) is 6.42 Å². The number of alkyl halides is 3. The summed E-state index contributed by atoms with van der Waals surface area (Å²) in [4.78, 5) is 0. The Labute approximate surface area is 83.2 Å². The second-order valence-corrected chi connectivity index (χ2v) is 3.11. The summed E-state index contributed by atoms with van der Waals surface area (Å²) in [6.07, 6.45) is 0.745. The fourth-order valence-electron chi connectivity index (χ4n) is 1.04. The molecule has 0 N–H and O–H groups in total. The number of rotatable bonds is 5. The first kappa shape index (κ1) is 13.1. The average molecular weight is 204 g/mol. The number of halogens is 3. The molecule has 0 nitrogen and oxygen atoms in total. The van der Waals surface area contributed by atoms with Gasteiger partial charge in [-0.2, -0.15) is 13.2 Å². The maximum Gasteiger partial charge on any atom is 0.457 e. The fraction of sp³-hybridized carbons (Fsp3) is 0.636. The molecule has 0 aliphatic heterocycles. The van der Waals surface area contributed by atoms with Gasteiger partial charge in [-0.3, -0.25) is 0 Å². The molecule has 0 amide bonds. The van der Waals surface area contributed by atoms with Gasteiger partial charge in [-0.15, -0.1) is 6.58 Å². The molecule has 0 saturated carbocycles. The third kappa shape index (κ3) is 7.72. The first-order chi connectivity index (χ1) is 6.49. The fourth-order valence-corrected chi connectivity index (χ4v) is 1.04. The molecule has 0 spiro atoms. The topological polar surface area (TPSA) is 0 Å². The van der Waals surface area contributed by atoms with Crippen molar-refractivity contribution in [1.82, 2.24) is 0 Å². The van der Waals surface area contributed by atoms with Crippen LogP contribution < -0.4 is 0 Å². The van der Waals surface area contributed by atoms with Gasteiger partial charge in [0.2, 0.25) is 0 Å². The molecular weight excluding hydrogens is 189 g/mol. The van der Waals surface area contributed by atoms with Crippen LogP contribution in [0.15, 0.2) is 12.7 Å². The van der Waals surface area contributed by atoms with Crippen LogP contribution in [0.25, 0.3) is 0 Å². The molecule has 80 valence electrons. The van der Waals surface area contributed by atoms with Crippen molar-refractivity contribution in [2.24, 2.45) is 5.92 Å². The van der Waals surface area contributed by atoms with E-state index in [-0.39, 0.29) is 5.92 Å². The molecule has 0 rings (SSSR count). The molecule has 0 radical (unpaired) electrons. The maximum atomic E-state index is 11.7. The first-order valence-electron chi connectivity index (χ1n) is 4.71. The summed E-state index contributed by atoms with van der Waals surface area (Å²) in [5.41, 5.74) is 0. The van der Waals surface area contributed by atoms with Gasteiger partial charge in [0.25, 0.3) is 0 Å². The van der Waals surface area contributed by atoms with E-state index in [4.69, 9.17) is 0 Å². The lowest BCUT2D eigenvalue weighted by atomic mass is 10.0. The lowest BCUT2D eigenvalue weighted by molar-refractivity contribution is -0.0698. The van der Waals surface area contributed by atoms with Gasteiger partial charge < -0.3 is 0 Å². The van der Waals surface area contributed by atoms with Crippen LogP contribution in [-0.4, -0.2) is 6.18 Å². The van der Waals surface area contributed by atoms with Crippen LogP contribution >= 0.6 is 0 Å². The van der Waals surface area contributed by atoms with E-state index >= 15 is 0 Å². The van der Waals surface area contributed by atoms with Gasteiger partial charge in [0.1, 0.15) is 0 Å². The van der Waals surface area contributed by atoms with Crippen LogP contribution in [0.4, 0.5) is 13.2 Å². The molecule has 0 aromatic carbocycles. The van der Waals surface area contributed by atoms with Crippen LogP contribution in [-0.2, 0) is 0 Å². The van der Waals surface area contributed by atoms with Crippen LogP contribution in [0, 0.1) is 17.8 Å². The van der Waals surface area contributed by atoms with Crippen molar-refractivity contribution >= 4 is 0 Å². The highest BCUT2D eigenvalue weighted by Crippen LogP contribution is 2.15. The predicted molar refractivity (Wildman–Crippen MR) is 51.7 cm³/mol. The summed E-state index contributed by atoms with van der Waals surface area (Å²) in [6.45, 7) is 5.52. The Hall–Kier alpha value is -0.910. The van der Waals surface area contributed by atoms with Gasteiger partial charge in [-0.25, -0.2) is 0 Å². The van der Waals surface area contributed by atoms with Gasteiger partial charge in [-0.05, 0) is 6.42 Å². The molecule has 0 aliphatic rings. The molecular formula is C11H15F3. The van der Waals surface area contributed by atoms with Gasteiger partial charge in [0.15, 0.2) is 0 Å². The predicted octanol–water partition coefficient (Wildman–Crippen LogP) is 3.93. The zero-order valence-electron chi connectivity index (χ0n) is 8.32. The Morgan fingerprint density at radius 3 is 2.43 bits per heavy atom. The molecule has 0 fully saturated rings. The number of allylic oxidation sites excluding steroid dienone is 1. The second-order valence-electron chi connectivity index (χ2n) is 3.11. The standard InChI is InChI=1S/C11H15F3/c1-3-5-6-7-10(4-2)8-9-11(12,13)14/h4,10H,2-3,5-7H2,1H3. The molecule has 0 bridgehead atoms. The third-order valence-electron chi connectivity index (χ3n) is 1.80. The zero-order valence-corrected chi connectivity index (χ0v) is 8.32. The Kier molecular flexibility index (Phi) is 6.11. The summed E-state index contributed by atoms with van der Waals surface area (Å²) in [5, 5.41) is 0. The van der Waals surface area contributed by atoms with Crippen molar-refractivity contribution in [2.75, 3.05) is 0 Å². The molecule has 0 aromatic heterocycles. The summed E-state index contributed by atoms with van der Waals surface area (Å²) >= 11 is 0. The van der Waals surface area contributed by atoms with E-state index in [1.807, 2.05) is 6.92 Å². The largest absolute Gasteiger partial charge is 0.457 e. The molecule has 14 heavy (non-hydrogen) atoms. The van der Waals surface area contributed by atoms with Crippen molar-refractivity contribution in [3.05, 3.63) is 12.7 Å². The monoisotopic (exact) mass is 204 g/mol. The van der Waals surface area contributed by atoms with E-state index < -0.39 is 6.18 Å². The molecule has 1 unspecified atom stereocenters. The highest BCUT2D eigenvalue weighted by atomic mass is 19.4. The van der Waals surface area contributed by atoms with Crippen molar-refractivity contribution in [3.8, 4) is 11.8 Å². The SMILES string of the molecule is C=CC(C#CC(F)(F)F)CCCCC. The van der Waals surface area contributed by atoms with E-state index in [0.717, 1.165) is 19.3 Å². The van der Waals surface area contributed by atoms with Crippen LogP contribution in [0.5, 0.6) is 0 Å². The minimum atomic E-state index is -4.38. The van der Waals surface area contributed by atoms with Gasteiger partial charge in [0, 0.05) is 11.8 Å². The van der Waals surface area contributed by atoms with E-state index in [9.17, 15) is 13.2 Å². The highest BCUT2D eigenvalue weighted by molar-refractivity contribution is 5.12. The summed E-state index contributed by atoms with van der Waals surface area (Å²) in [6, 6.07) is 0. The van der Waals surface area contributed by atoms with Crippen molar-refractivity contribution in [1.29, 1.82) is 0 Å². The van der Waals surface area contributed by atoms with Crippen LogP contribution in [0.1, 0.15) is 32.6 Å². The molecule has 0 heterocycles. The van der Waals surface area contributed by atoms with Crippen LogP contribution in [0.2, 0.25) is 0 Å². The number of hydrogen-bond acceptors (Lipinski definition) is 0. The number of unbranched alkanes of at least 4 members (excludes halogenated alkanes) is 2. The zero-order chi connectivity index (χ0) is 11.0. The van der Waals surface area contributed by atoms with Crippen molar-refractivity contribution < 1.29 is 13.2 Å². The summed E-state index contributed by atoms with van der Waals surface area (Å²) < 4.78 is 35.2. The molecule has 0 aromatic rings. The molecule has 3 heteroatoms. The van der Waals surface area contributed by atoms with Crippen molar-refractivity contribution in [3.63, 3.8) is 0 Å². The van der Waals surface area contributed by atoms with E-state index in [2.05, 4.69) is 12.5 Å². The molecule has 1 atom stereocenters. The lowest BCUT2D eigenvalue weighted by Crippen LogP contribution is -2.03. The second kappa shape index (κ2) is 6.53. The first-order valence-corrected chi connectivity index (χ1v) is 4.71. The smallest absolute Gasteiger partial charge is 0.159 e. The van der Waals surface area contributed by atoms with E-state index in [1.54, 1.807) is 0 Å². The molecule has 0 saturated heterocycles. The summed E-state index contributed by atoms with van der Waals surface area (Å²) in [5.74, 6) is 3.12.